The largest absolute Gasteiger partial charge is 0.508 e. The smallest absolute Gasteiger partial charge is 0.338 e. The molecule has 0 aliphatic carbocycles. The van der Waals surface area contributed by atoms with Crippen molar-refractivity contribution in [2.45, 2.75) is 38.5 Å². The average Bonchev–Trinajstić information content (AvgIpc) is 3.19. The highest BCUT2D eigenvalue weighted by atomic mass is 16.6. The standard InChI is InChI=1S/C25H27NO7/c1-3-31-23(29)25(24(30)32-4-2)15-18(22(26-25)19-12-8-9-13-20(19)27)14-21(28)33-16-17-10-6-5-7-11-17/h5-14,22,26-27H,3-4,15-16H2,1-2H3/b18-14+/t22-/m1/s1. The van der Waals surface area contributed by atoms with E-state index in [2.05, 4.69) is 5.32 Å². The van der Waals surface area contributed by atoms with Gasteiger partial charge in [-0.05, 0) is 31.1 Å². The maximum atomic E-state index is 12.9. The van der Waals surface area contributed by atoms with Crippen LogP contribution in [0.2, 0.25) is 0 Å². The van der Waals surface area contributed by atoms with Gasteiger partial charge in [0.15, 0.2) is 0 Å². The maximum Gasteiger partial charge on any atom is 0.338 e. The molecule has 2 aromatic carbocycles. The van der Waals surface area contributed by atoms with Gasteiger partial charge in [0.2, 0.25) is 5.54 Å². The number of esters is 3. The van der Waals surface area contributed by atoms with E-state index in [1.807, 2.05) is 30.3 Å². The van der Waals surface area contributed by atoms with Gasteiger partial charge in [-0.15, -0.1) is 0 Å². The lowest BCUT2D eigenvalue weighted by Crippen LogP contribution is -2.56. The SMILES string of the molecule is CCOC(=O)C1(C(=O)OCC)C/C(=C\C(=O)OCc2ccccc2)[C@H](c2ccccc2O)N1. The van der Waals surface area contributed by atoms with Crippen LogP contribution >= 0.6 is 0 Å². The lowest BCUT2D eigenvalue weighted by molar-refractivity contribution is -0.165. The van der Waals surface area contributed by atoms with Crippen molar-refractivity contribution in [1.29, 1.82) is 0 Å². The monoisotopic (exact) mass is 453 g/mol. The van der Waals surface area contributed by atoms with E-state index in [1.165, 1.54) is 12.1 Å². The van der Waals surface area contributed by atoms with Gasteiger partial charge in [0.05, 0.1) is 19.3 Å². The van der Waals surface area contributed by atoms with Crippen molar-refractivity contribution in [2.24, 2.45) is 0 Å². The first-order chi connectivity index (χ1) is 15.9. The summed E-state index contributed by atoms with van der Waals surface area (Å²) in [4.78, 5) is 38.4. The second-order valence-electron chi connectivity index (χ2n) is 7.47. The summed E-state index contributed by atoms with van der Waals surface area (Å²) in [5, 5.41) is 13.4. The number of para-hydroxylation sites is 1. The van der Waals surface area contributed by atoms with Crippen molar-refractivity contribution in [3.63, 3.8) is 0 Å². The summed E-state index contributed by atoms with van der Waals surface area (Å²) in [5.74, 6) is -2.32. The van der Waals surface area contributed by atoms with Gasteiger partial charge < -0.3 is 19.3 Å². The Labute approximate surface area is 192 Å². The minimum Gasteiger partial charge on any atom is -0.508 e. The first-order valence-corrected chi connectivity index (χ1v) is 10.7. The van der Waals surface area contributed by atoms with E-state index < -0.39 is 29.5 Å². The number of hydrogen-bond donors (Lipinski definition) is 2. The molecule has 0 spiro atoms. The normalized spacial score (nSPS) is 18.0. The van der Waals surface area contributed by atoms with Crippen molar-refractivity contribution in [1.82, 2.24) is 5.32 Å². The lowest BCUT2D eigenvalue weighted by atomic mass is 9.93. The van der Waals surface area contributed by atoms with Crippen molar-refractivity contribution < 1.29 is 33.7 Å². The van der Waals surface area contributed by atoms with E-state index in [1.54, 1.807) is 32.0 Å². The van der Waals surface area contributed by atoms with Crippen molar-refractivity contribution in [2.75, 3.05) is 13.2 Å². The van der Waals surface area contributed by atoms with Crippen LogP contribution in [0.1, 0.15) is 37.4 Å². The minimum atomic E-state index is -1.86. The maximum absolute atomic E-state index is 12.9. The first-order valence-electron chi connectivity index (χ1n) is 10.7. The third kappa shape index (κ3) is 5.40. The van der Waals surface area contributed by atoms with Crippen molar-refractivity contribution in [3.8, 4) is 5.75 Å². The molecule has 1 atom stereocenters. The Bertz CT molecular complexity index is 1010. The van der Waals surface area contributed by atoms with E-state index in [0.29, 0.717) is 11.1 Å². The number of nitrogens with one attached hydrogen (secondary N) is 1. The Morgan fingerprint density at radius 2 is 1.58 bits per heavy atom. The van der Waals surface area contributed by atoms with Gasteiger partial charge in [0, 0.05) is 18.1 Å². The number of ether oxygens (including phenoxy) is 3. The van der Waals surface area contributed by atoms with Gasteiger partial charge in [-0.3, -0.25) is 5.32 Å². The molecule has 3 rings (SSSR count). The Morgan fingerprint density at radius 1 is 0.970 bits per heavy atom. The first kappa shape index (κ1) is 24.0. The van der Waals surface area contributed by atoms with Gasteiger partial charge in [-0.1, -0.05) is 48.5 Å². The molecule has 0 unspecified atom stereocenters. The van der Waals surface area contributed by atoms with E-state index >= 15 is 0 Å². The molecule has 174 valence electrons. The molecule has 8 heteroatoms. The van der Waals surface area contributed by atoms with E-state index in [-0.39, 0.29) is 32.0 Å². The summed E-state index contributed by atoms with van der Waals surface area (Å²) >= 11 is 0. The quantitative estimate of drug-likeness (QED) is 0.272. The van der Waals surface area contributed by atoms with Crippen LogP contribution in [0.3, 0.4) is 0 Å². The van der Waals surface area contributed by atoms with E-state index in [4.69, 9.17) is 14.2 Å². The van der Waals surface area contributed by atoms with Crippen molar-refractivity contribution in [3.05, 3.63) is 77.4 Å². The number of aromatic hydroxyl groups is 1. The Morgan fingerprint density at radius 3 is 2.18 bits per heavy atom. The molecule has 1 aliphatic heterocycles. The zero-order valence-corrected chi connectivity index (χ0v) is 18.6. The highest BCUT2D eigenvalue weighted by Crippen LogP contribution is 2.42. The summed E-state index contributed by atoms with van der Waals surface area (Å²) < 4.78 is 15.7. The van der Waals surface area contributed by atoms with Gasteiger partial charge in [0.25, 0.3) is 0 Å². The Kier molecular flexibility index (Phi) is 7.84. The lowest BCUT2D eigenvalue weighted by Gasteiger charge is -2.25. The van der Waals surface area contributed by atoms with Gasteiger partial charge in [0.1, 0.15) is 12.4 Å². The molecule has 0 radical (unpaired) electrons. The molecule has 8 nitrogen and oxygen atoms in total. The third-order valence-corrected chi connectivity index (χ3v) is 5.25. The minimum absolute atomic E-state index is 0.0536. The summed E-state index contributed by atoms with van der Waals surface area (Å²) in [6.45, 7) is 3.44. The van der Waals surface area contributed by atoms with Crippen LogP contribution in [0.25, 0.3) is 0 Å². The topological polar surface area (TPSA) is 111 Å². The number of carbonyl (C=O) groups excluding carboxylic acids is 3. The fourth-order valence-electron chi connectivity index (χ4n) is 3.72. The zero-order valence-electron chi connectivity index (χ0n) is 18.6. The highest BCUT2D eigenvalue weighted by molar-refractivity contribution is 6.06. The molecule has 0 aromatic heterocycles. The second kappa shape index (κ2) is 10.8. The predicted octanol–water partition coefficient (Wildman–Crippen LogP) is 2.96. The Balaban J connectivity index is 1.96. The molecule has 33 heavy (non-hydrogen) atoms. The molecule has 1 fully saturated rings. The third-order valence-electron chi connectivity index (χ3n) is 5.25. The molecule has 0 amide bonds. The molecule has 2 aromatic rings. The summed E-state index contributed by atoms with van der Waals surface area (Å²) in [7, 11) is 0. The fraction of sp³-hybridized carbons (Fsp3) is 0.320. The van der Waals surface area contributed by atoms with Crippen LogP contribution in [0, 0.1) is 0 Å². The highest BCUT2D eigenvalue weighted by Gasteiger charge is 2.56. The molecule has 1 saturated heterocycles. The van der Waals surface area contributed by atoms with E-state index in [9.17, 15) is 19.5 Å². The molecule has 1 heterocycles. The zero-order chi connectivity index (χ0) is 23.8. The molecule has 0 saturated carbocycles. The number of phenols is 1. The molecular formula is C25H27NO7. The number of benzene rings is 2. The van der Waals surface area contributed by atoms with Crippen LogP contribution < -0.4 is 5.32 Å². The van der Waals surface area contributed by atoms with Crippen LogP contribution in [0.4, 0.5) is 0 Å². The fourth-order valence-corrected chi connectivity index (χ4v) is 3.72. The predicted molar refractivity (Wildman–Crippen MR) is 119 cm³/mol. The van der Waals surface area contributed by atoms with Crippen LogP contribution in [-0.4, -0.2) is 41.8 Å². The summed E-state index contributed by atoms with van der Waals surface area (Å²) in [6, 6.07) is 14.9. The van der Waals surface area contributed by atoms with Crippen molar-refractivity contribution >= 4 is 17.9 Å². The second-order valence-corrected chi connectivity index (χ2v) is 7.47. The van der Waals surface area contributed by atoms with Crippen LogP contribution in [0.15, 0.2) is 66.2 Å². The van der Waals surface area contributed by atoms with Crippen LogP contribution in [-0.2, 0) is 35.2 Å². The van der Waals surface area contributed by atoms with E-state index in [0.717, 1.165) is 5.56 Å². The molecule has 2 N–H and O–H groups in total. The number of rotatable bonds is 8. The number of hydrogen-bond acceptors (Lipinski definition) is 8. The number of phenolic OH excluding ortho intramolecular Hbond substituents is 1. The van der Waals surface area contributed by atoms with Gasteiger partial charge >= 0.3 is 17.9 Å². The van der Waals surface area contributed by atoms with Gasteiger partial charge in [-0.25, -0.2) is 14.4 Å². The van der Waals surface area contributed by atoms with Gasteiger partial charge in [-0.2, -0.15) is 0 Å². The number of carbonyl (C=O) groups is 3. The molecule has 1 aliphatic rings. The Hall–Kier alpha value is -3.65. The molecular weight excluding hydrogens is 426 g/mol. The van der Waals surface area contributed by atoms with Crippen LogP contribution in [0.5, 0.6) is 5.75 Å². The summed E-state index contributed by atoms with van der Waals surface area (Å²) in [5.41, 5.74) is -0.256. The summed E-state index contributed by atoms with van der Waals surface area (Å²) in [6.07, 6.45) is 1.07. The molecule has 0 bridgehead atoms. The average molecular weight is 453 g/mol.